The fourth-order valence-corrected chi connectivity index (χ4v) is 3.50. The smallest absolute Gasteiger partial charge is 0.250 e. The number of amides is 2. The van der Waals surface area contributed by atoms with Crippen LogP contribution in [0.2, 0.25) is 0 Å². The number of carbonyl (C=O) groups is 1. The van der Waals surface area contributed by atoms with Crippen molar-refractivity contribution in [3.8, 4) is 6.07 Å². The number of carbonyl (C=O) groups excluding carboxylic acids is 1. The van der Waals surface area contributed by atoms with Gasteiger partial charge in [-0.2, -0.15) is 14.6 Å². The number of benzene rings is 1. The molecule has 2 aliphatic carbocycles. The van der Waals surface area contributed by atoms with E-state index in [0.717, 1.165) is 72.0 Å². The van der Waals surface area contributed by atoms with Crippen molar-refractivity contribution >= 4 is 18.4 Å². The third kappa shape index (κ3) is 1.58. The molecule has 4 heteroatoms. The maximum Gasteiger partial charge on any atom is 0.493 e. The van der Waals surface area contributed by atoms with Gasteiger partial charge in [0.15, 0.2) is 0 Å². The van der Waals surface area contributed by atoms with E-state index in [1.807, 2.05) is 0 Å². The summed E-state index contributed by atoms with van der Waals surface area (Å²) in [7, 11) is 0. The van der Waals surface area contributed by atoms with Crippen molar-refractivity contribution in [1.82, 2.24) is 0 Å². The van der Waals surface area contributed by atoms with Crippen molar-refractivity contribution in [2.24, 2.45) is 5.73 Å². The summed E-state index contributed by atoms with van der Waals surface area (Å²) in [5.41, 5.74) is 11.6. The van der Waals surface area contributed by atoms with Gasteiger partial charge in [-0.3, -0.25) is 5.73 Å². The van der Waals surface area contributed by atoms with Crippen LogP contribution in [0.5, 0.6) is 0 Å². The number of nitriles is 1. The van der Waals surface area contributed by atoms with Gasteiger partial charge in [0, 0.05) is 11.1 Å². The van der Waals surface area contributed by atoms with Crippen LogP contribution in [0.4, 0.5) is 10.5 Å². The Balaban J connectivity index is 2.35. The summed E-state index contributed by atoms with van der Waals surface area (Å²) < 4.78 is 1.31. The minimum absolute atomic E-state index is 0.534. The van der Waals surface area contributed by atoms with Gasteiger partial charge in [-0.15, -0.1) is 0 Å². The molecule has 1 aromatic carbocycles. The molecule has 96 valence electrons. The van der Waals surface area contributed by atoms with Crippen LogP contribution in [0.1, 0.15) is 40.7 Å². The highest BCUT2D eigenvalue weighted by Gasteiger charge is 2.32. The second-order valence-corrected chi connectivity index (χ2v) is 5.22. The Labute approximate surface area is 112 Å². The first kappa shape index (κ1) is 11.9. The average molecular weight is 254 g/mol. The minimum Gasteiger partial charge on any atom is -0.250 e. The van der Waals surface area contributed by atoms with E-state index >= 15 is 0 Å². The summed E-state index contributed by atoms with van der Waals surface area (Å²) in [6, 6.07) is 1.83. The lowest BCUT2D eigenvalue weighted by Crippen LogP contribution is -2.23. The zero-order chi connectivity index (χ0) is 13.6. The fraction of sp³-hybridized carbons (Fsp3) is 0.400. The number of hydrogen-bond donors (Lipinski definition) is 1. The van der Waals surface area contributed by atoms with Crippen LogP contribution >= 0.6 is 0 Å². The van der Waals surface area contributed by atoms with E-state index in [1.165, 1.54) is 4.58 Å². The largest absolute Gasteiger partial charge is 0.493 e. The molecule has 0 spiro atoms. The number of primary amides is 1. The molecule has 0 radical (unpaired) electrons. The molecule has 1 aromatic rings. The SMILES string of the molecule is C=[N+](C(N)=O)c1c2c(c(C#N)c3c1CCC3)CCC2. The third-order valence-electron chi connectivity index (χ3n) is 4.26. The zero-order valence-electron chi connectivity index (χ0n) is 10.8. The van der Waals surface area contributed by atoms with Gasteiger partial charge in [0.1, 0.15) is 5.69 Å². The predicted molar refractivity (Wildman–Crippen MR) is 71.8 cm³/mol. The number of hydrogen-bond acceptors (Lipinski definition) is 2. The molecule has 2 N–H and O–H groups in total. The molecule has 0 bridgehead atoms. The first-order chi connectivity index (χ1) is 9.15. The number of nitrogens with zero attached hydrogens (tertiary/aromatic N) is 2. The first-order valence-electron chi connectivity index (χ1n) is 6.64. The van der Waals surface area contributed by atoms with Crippen LogP contribution in [0, 0.1) is 11.3 Å². The lowest BCUT2D eigenvalue weighted by Gasteiger charge is -2.14. The highest BCUT2D eigenvalue weighted by atomic mass is 16.2. The molecular formula is C15H16N3O+. The monoisotopic (exact) mass is 254 g/mol. The molecule has 2 aliphatic rings. The molecule has 3 rings (SSSR count). The van der Waals surface area contributed by atoms with E-state index in [4.69, 9.17) is 5.73 Å². The summed E-state index contributed by atoms with van der Waals surface area (Å²) in [4.78, 5) is 11.5. The Bertz CT molecular complexity index is 617. The average Bonchev–Trinajstić information content (AvgIpc) is 3.02. The summed E-state index contributed by atoms with van der Waals surface area (Å²) >= 11 is 0. The standard InChI is InChI=1S/C15H15N3O/c1-18(15(17)19)14-11-6-2-4-9(11)13(8-16)10-5-3-7-12(10)14/h1-7H2,(H-,17,19)/p+1. The van der Waals surface area contributed by atoms with Crippen molar-refractivity contribution in [3.05, 3.63) is 27.8 Å². The van der Waals surface area contributed by atoms with Crippen molar-refractivity contribution in [2.75, 3.05) is 0 Å². The maximum atomic E-state index is 11.5. The quantitative estimate of drug-likeness (QED) is 0.614. The fourth-order valence-electron chi connectivity index (χ4n) is 3.50. The molecule has 0 saturated heterocycles. The molecular weight excluding hydrogens is 238 g/mol. The molecule has 0 saturated carbocycles. The number of fused-ring (bicyclic) bond motifs is 2. The molecule has 0 atom stereocenters. The Morgan fingerprint density at radius 1 is 1.11 bits per heavy atom. The van der Waals surface area contributed by atoms with E-state index in [-0.39, 0.29) is 0 Å². The molecule has 0 aliphatic heterocycles. The number of rotatable bonds is 1. The van der Waals surface area contributed by atoms with Gasteiger partial charge in [0.25, 0.3) is 0 Å². The second kappa shape index (κ2) is 4.20. The highest BCUT2D eigenvalue weighted by molar-refractivity contribution is 5.74. The van der Waals surface area contributed by atoms with Gasteiger partial charge >= 0.3 is 6.03 Å². The van der Waals surface area contributed by atoms with Gasteiger partial charge in [0.05, 0.1) is 18.4 Å². The van der Waals surface area contributed by atoms with Gasteiger partial charge in [-0.25, -0.2) is 0 Å². The summed E-state index contributed by atoms with van der Waals surface area (Å²) in [6.07, 6.45) is 5.73. The highest BCUT2D eigenvalue weighted by Crippen LogP contribution is 2.42. The second-order valence-electron chi connectivity index (χ2n) is 5.22. The van der Waals surface area contributed by atoms with E-state index in [1.54, 1.807) is 0 Å². The topological polar surface area (TPSA) is 69.9 Å². The van der Waals surface area contributed by atoms with Crippen LogP contribution in [0.25, 0.3) is 0 Å². The van der Waals surface area contributed by atoms with Crippen LogP contribution in [-0.2, 0) is 25.7 Å². The summed E-state index contributed by atoms with van der Waals surface area (Å²) in [5.74, 6) is 0. The normalized spacial score (nSPS) is 15.7. The van der Waals surface area contributed by atoms with Crippen molar-refractivity contribution in [2.45, 2.75) is 38.5 Å². The predicted octanol–water partition coefficient (Wildman–Crippen LogP) is 1.96. The Morgan fingerprint density at radius 3 is 2.00 bits per heavy atom. The van der Waals surface area contributed by atoms with Gasteiger partial charge in [0.2, 0.25) is 0 Å². The lowest BCUT2D eigenvalue weighted by molar-refractivity contribution is -0.320. The first-order valence-corrected chi connectivity index (χ1v) is 6.64. The maximum absolute atomic E-state index is 11.5. The van der Waals surface area contributed by atoms with Crippen LogP contribution in [0.3, 0.4) is 0 Å². The molecule has 0 unspecified atom stereocenters. The van der Waals surface area contributed by atoms with Gasteiger partial charge < -0.3 is 0 Å². The summed E-state index contributed by atoms with van der Waals surface area (Å²) in [5, 5.41) is 9.43. The Kier molecular flexibility index (Phi) is 2.63. The zero-order valence-corrected chi connectivity index (χ0v) is 10.8. The molecule has 0 aromatic heterocycles. The number of nitrogens with two attached hydrogens (primary N) is 1. The summed E-state index contributed by atoms with van der Waals surface area (Å²) in [6.45, 7) is 3.79. The van der Waals surface area contributed by atoms with Gasteiger partial charge in [-0.05, 0) is 49.7 Å². The molecule has 0 heterocycles. The Hall–Kier alpha value is -2.15. The molecule has 4 nitrogen and oxygen atoms in total. The van der Waals surface area contributed by atoms with E-state index in [0.29, 0.717) is 0 Å². The van der Waals surface area contributed by atoms with Crippen LogP contribution in [0.15, 0.2) is 0 Å². The van der Waals surface area contributed by atoms with E-state index < -0.39 is 6.03 Å². The van der Waals surface area contributed by atoms with Crippen LogP contribution in [-0.4, -0.2) is 17.3 Å². The van der Waals surface area contributed by atoms with Crippen molar-refractivity contribution < 1.29 is 9.37 Å². The molecule has 2 amide bonds. The van der Waals surface area contributed by atoms with Crippen molar-refractivity contribution in [3.63, 3.8) is 0 Å². The molecule has 0 fully saturated rings. The lowest BCUT2D eigenvalue weighted by atomic mass is 9.92. The minimum atomic E-state index is -0.534. The third-order valence-corrected chi connectivity index (χ3v) is 4.26. The van der Waals surface area contributed by atoms with E-state index in [9.17, 15) is 10.1 Å². The Morgan fingerprint density at radius 2 is 1.58 bits per heavy atom. The number of urea groups is 1. The van der Waals surface area contributed by atoms with Crippen LogP contribution < -0.4 is 5.73 Å². The van der Waals surface area contributed by atoms with E-state index in [2.05, 4.69) is 12.8 Å². The van der Waals surface area contributed by atoms with Crippen molar-refractivity contribution in [1.29, 1.82) is 5.26 Å². The molecule has 19 heavy (non-hydrogen) atoms. The van der Waals surface area contributed by atoms with Gasteiger partial charge in [-0.1, -0.05) is 0 Å².